The number of benzene rings is 2. The number of hydrazine groups is 1. The number of halogens is 2. The van der Waals surface area contributed by atoms with Crippen molar-refractivity contribution in [3.63, 3.8) is 0 Å². The van der Waals surface area contributed by atoms with Gasteiger partial charge in [-0.3, -0.25) is 11.3 Å². The zero-order valence-electron chi connectivity index (χ0n) is 10.9. The summed E-state index contributed by atoms with van der Waals surface area (Å²) in [6, 6.07) is 16.2. The molecule has 1 atom stereocenters. The maximum absolute atomic E-state index is 6.18. The molecule has 0 aliphatic heterocycles. The minimum Gasteiger partial charge on any atom is -0.271 e. The van der Waals surface area contributed by atoms with Gasteiger partial charge in [0.15, 0.2) is 0 Å². The van der Waals surface area contributed by atoms with E-state index >= 15 is 0 Å². The third kappa shape index (κ3) is 4.50. The highest BCUT2D eigenvalue weighted by molar-refractivity contribution is 9.10. The Morgan fingerprint density at radius 2 is 1.85 bits per heavy atom. The van der Waals surface area contributed by atoms with Crippen molar-refractivity contribution in [2.24, 2.45) is 5.84 Å². The number of thioether (sulfide) groups is 1. The van der Waals surface area contributed by atoms with E-state index in [9.17, 15) is 0 Å². The van der Waals surface area contributed by atoms with E-state index in [1.165, 1.54) is 4.90 Å². The lowest BCUT2D eigenvalue weighted by molar-refractivity contribution is 0.575. The van der Waals surface area contributed by atoms with Crippen molar-refractivity contribution in [1.29, 1.82) is 0 Å². The molecule has 0 aliphatic carbocycles. The molecule has 0 amide bonds. The Balaban J connectivity index is 1.96. The first-order chi connectivity index (χ1) is 9.70. The van der Waals surface area contributed by atoms with Crippen LogP contribution in [0.4, 0.5) is 0 Å². The molecule has 2 rings (SSSR count). The number of hydrogen-bond donors (Lipinski definition) is 2. The van der Waals surface area contributed by atoms with Gasteiger partial charge in [0, 0.05) is 26.2 Å². The molecule has 5 heteroatoms. The van der Waals surface area contributed by atoms with Crippen molar-refractivity contribution in [2.75, 3.05) is 5.75 Å². The zero-order valence-corrected chi connectivity index (χ0v) is 14.0. The van der Waals surface area contributed by atoms with Crippen LogP contribution in [0.5, 0.6) is 0 Å². The summed E-state index contributed by atoms with van der Waals surface area (Å²) in [7, 11) is 0. The van der Waals surface area contributed by atoms with E-state index in [4.69, 9.17) is 17.4 Å². The summed E-state index contributed by atoms with van der Waals surface area (Å²) in [5.74, 6) is 6.53. The van der Waals surface area contributed by atoms with Crippen molar-refractivity contribution in [3.05, 3.63) is 63.6 Å². The van der Waals surface area contributed by atoms with Crippen LogP contribution in [0.25, 0.3) is 0 Å². The van der Waals surface area contributed by atoms with Gasteiger partial charge in [-0.1, -0.05) is 41.9 Å². The monoisotopic (exact) mass is 370 g/mol. The quantitative estimate of drug-likeness (QED) is 0.452. The van der Waals surface area contributed by atoms with Crippen LogP contribution in [0.2, 0.25) is 5.02 Å². The lowest BCUT2D eigenvalue weighted by Crippen LogP contribution is -2.38. The van der Waals surface area contributed by atoms with Gasteiger partial charge in [-0.25, -0.2) is 0 Å². The summed E-state index contributed by atoms with van der Waals surface area (Å²) >= 11 is 11.5. The number of nitrogens with two attached hydrogens (primary N) is 1. The molecule has 2 aromatic rings. The Labute approximate surface area is 137 Å². The molecule has 0 bridgehead atoms. The molecule has 2 aromatic carbocycles. The number of rotatable bonds is 6. The summed E-state index contributed by atoms with van der Waals surface area (Å²) in [5, 5.41) is 0.790. The largest absolute Gasteiger partial charge is 0.271 e. The van der Waals surface area contributed by atoms with Crippen molar-refractivity contribution >= 4 is 39.3 Å². The smallest absolute Gasteiger partial charge is 0.0438 e. The average Bonchev–Trinajstić information content (AvgIpc) is 2.47. The van der Waals surface area contributed by atoms with Crippen LogP contribution >= 0.6 is 39.3 Å². The normalized spacial score (nSPS) is 12.3. The zero-order chi connectivity index (χ0) is 14.4. The van der Waals surface area contributed by atoms with Crippen LogP contribution in [0, 0.1) is 0 Å². The van der Waals surface area contributed by atoms with E-state index in [2.05, 4.69) is 27.4 Å². The van der Waals surface area contributed by atoms with Gasteiger partial charge >= 0.3 is 0 Å². The third-order valence-electron chi connectivity index (χ3n) is 2.94. The van der Waals surface area contributed by atoms with E-state index in [1.54, 1.807) is 11.8 Å². The fourth-order valence-electron chi connectivity index (χ4n) is 1.85. The molecule has 0 aliphatic rings. The molecular weight excluding hydrogens is 356 g/mol. The van der Waals surface area contributed by atoms with Crippen LogP contribution < -0.4 is 11.3 Å². The van der Waals surface area contributed by atoms with Crippen molar-refractivity contribution < 1.29 is 0 Å². The number of hydrogen-bond acceptors (Lipinski definition) is 3. The van der Waals surface area contributed by atoms with Gasteiger partial charge in [0.2, 0.25) is 0 Å². The Bertz CT molecular complexity index is 565. The maximum atomic E-state index is 6.18. The molecule has 0 heterocycles. The van der Waals surface area contributed by atoms with E-state index in [0.717, 1.165) is 27.2 Å². The molecule has 0 saturated carbocycles. The van der Waals surface area contributed by atoms with Gasteiger partial charge < -0.3 is 0 Å². The molecule has 2 nitrogen and oxygen atoms in total. The van der Waals surface area contributed by atoms with Gasteiger partial charge in [0.25, 0.3) is 0 Å². The first-order valence-corrected chi connectivity index (χ1v) is 8.43. The fourth-order valence-corrected chi connectivity index (χ4v) is 3.66. The van der Waals surface area contributed by atoms with Gasteiger partial charge in [0.1, 0.15) is 0 Å². The molecule has 0 radical (unpaired) electrons. The Kier molecular flexibility index (Phi) is 6.39. The van der Waals surface area contributed by atoms with Crippen molar-refractivity contribution in [3.8, 4) is 0 Å². The molecule has 106 valence electrons. The summed E-state index contributed by atoms with van der Waals surface area (Å²) in [5.41, 5.74) is 3.99. The van der Waals surface area contributed by atoms with Crippen molar-refractivity contribution in [1.82, 2.24) is 5.43 Å². The first-order valence-electron chi connectivity index (χ1n) is 6.27. The highest BCUT2D eigenvalue weighted by Crippen LogP contribution is 2.28. The van der Waals surface area contributed by atoms with Crippen molar-refractivity contribution in [2.45, 2.75) is 17.4 Å². The van der Waals surface area contributed by atoms with Crippen LogP contribution in [0.15, 0.2) is 57.9 Å². The van der Waals surface area contributed by atoms with Gasteiger partial charge in [0.05, 0.1) is 0 Å². The van der Waals surface area contributed by atoms with Crippen LogP contribution in [-0.2, 0) is 6.42 Å². The minimum atomic E-state index is 0.173. The first kappa shape index (κ1) is 15.9. The second kappa shape index (κ2) is 8.05. The molecule has 0 fully saturated rings. The SMILES string of the molecule is NNC(CSc1ccccc1Br)Cc1ccccc1Cl. The summed E-state index contributed by atoms with van der Waals surface area (Å²) in [4.78, 5) is 1.21. The average molecular weight is 372 g/mol. The van der Waals surface area contributed by atoms with Crippen LogP contribution in [0.3, 0.4) is 0 Å². The summed E-state index contributed by atoms with van der Waals surface area (Å²) in [6.07, 6.45) is 0.813. The Morgan fingerprint density at radius 1 is 1.15 bits per heavy atom. The lowest BCUT2D eigenvalue weighted by Gasteiger charge is -2.16. The van der Waals surface area contributed by atoms with E-state index in [1.807, 2.05) is 42.5 Å². The van der Waals surface area contributed by atoms with E-state index in [-0.39, 0.29) is 6.04 Å². The van der Waals surface area contributed by atoms with Crippen LogP contribution in [0.1, 0.15) is 5.56 Å². The lowest BCUT2D eigenvalue weighted by atomic mass is 10.1. The van der Waals surface area contributed by atoms with Gasteiger partial charge in [-0.05, 0) is 46.1 Å². The summed E-state index contributed by atoms with van der Waals surface area (Å²) in [6.45, 7) is 0. The minimum absolute atomic E-state index is 0.173. The van der Waals surface area contributed by atoms with E-state index < -0.39 is 0 Å². The number of nitrogens with one attached hydrogen (secondary N) is 1. The predicted octanol–water partition coefficient (Wildman–Crippen LogP) is 4.27. The van der Waals surface area contributed by atoms with Gasteiger partial charge in [-0.2, -0.15) is 0 Å². The Hall–Kier alpha value is -0.520. The second-order valence-corrected chi connectivity index (χ2v) is 6.72. The standard InChI is InChI=1S/C15H16BrClN2S/c16-13-6-2-4-8-15(13)20-10-12(19-18)9-11-5-1-3-7-14(11)17/h1-8,12,19H,9-10,18H2. The molecule has 0 spiro atoms. The highest BCUT2D eigenvalue weighted by Gasteiger charge is 2.11. The summed E-state index contributed by atoms with van der Waals surface area (Å²) < 4.78 is 1.11. The predicted molar refractivity (Wildman–Crippen MR) is 91.1 cm³/mol. The topological polar surface area (TPSA) is 38.0 Å². The second-order valence-electron chi connectivity index (χ2n) is 4.40. The molecule has 1 unspecified atom stereocenters. The highest BCUT2D eigenvalue weighted by atomic mass is 79.9. The van der Waals surface area contributed by atoms with Gasteiger partial charge in [-0.15, -0.1) is 11.8 Å². The third-order valence-corrected chi connectivity index (χ3v) is 5.50. The fraction of sp³-hybridized carbons (Fsp3) is 0.200. The molecule has 20 heavy (non-hydrogen) atoms. The molecule has 3 N–H and O–H groups in total. The maximum Gasteiger partial charge on any atom is 0.0438 e. The van der Waals surface area contributed by atoms with Crippen LogP contribution in [-0.4, -0.2) is 11.8 Å². The molecule has 0 aromatic heterocycles. The molecular formula is C15H16BrClN2S. The van der Waals surface area contributed by atoms with E-state index in [0.29, 0.717) is 0 Å². The Morgan fingerprint density at radius 3 is 2.55 bits per heavy atom. The molecule has 0 saturated heterocycles.